The van der Waals surface area contributed by atoms with Crippen molar-refractivity contribution in [2.45, 2.75) is 25.4 Å². The SMILES string of the molecule is COc1ccc2nccc([C@@H](O)CC[C@@H]3CCN(CC#Cc4ccncn4)C[C@@H]3C(=O)O)c2c1. The normalized spacial score (nSPS) is 19.2. The van der Waals surface area contributed by atoms with Gasteiger partial charge in [-0.15, -0.1) is 0 Å². The van der Waals surface area contributed by atoms with Crippen LogP contribution in [0.15, 0.2) is 49.1 Å². The Balaban J connectivity index is 1.38. The van der Waals surface area contributed by atoms with Gasteiger partial charge < -0.3 is 14.9 Å². The van der Waals surface area contributed by atoms with Gasteiger partial charge in [-0.05, 0) is 73.5 Å². The van der Waals surface area contributed by atoms with Crippen molar-refractivity contribution in [2.24, 2.45) is 11.8 Å². The van der Waals surface area contributed by atoms with Crippen LogP contribution >= 0.6 is 0 Å². The highest BCUT2D eigenvalue weighted by Gasteiger charge is 2.34. The zero-order valence-electron chi connectivity index (χ0n) is 19.1. The molecule has 0 unspecified atom stereocenters. The van der Waals surface area contributed by atoms with Gasteiger partial charge in [-0.1, -0.05) is 5.92 Å². The van der Waals surface area contributed by atoms with Crippen molar-refractivity contribution >= 4 is 16.9 Å². The van der Waals surface area contributed by atoms with Crippen LogP contribution in [0.3, 0.4) is 0 Å². The van der Waals surface area contributed by atoms with E-state index in [0.717, 1.165) is 29.4 Å². The first kappa shape index (κ1) is 23.6. The number of carbonyl (C=O) groups is 1. The van der Waals surface area contributed by atoms with E-state index in [1.165, 1.54) is 6.33 Å². The predicted molar refractivity (Wildman–Crippen MR) is 127 cm³/mol. The fourth-order valence-corrected chi connectivity index (χ4v) is 4.54. The molecule has 3 heterocycles. The van der Waals surface area contributed by atoms with Crippen LogP contribution in [-0.2, 0) is 4.79 Å². The molecule has 4 rings (SSSR count). The lowest BCUT2D eigenvalue weighted by Gasteiger charge is -2.36. The van der Waals surface area contributed by atoms with E-state index >= 15 is 0 Å². The molecule has 0 amide bonds. The van der Waals surface area contributed by atoms with E-state index in [-0.39, 0.29) is 5.92 Å². The number of piperidine rings is 1. The van der Waals surface area contributed by atoms with Gasteiger partial charge in [0, 0.05) is 24.3 Å². The Kier molecular flexibility index (Phi) is 7.68. The van der Waals surface area contributed by atoms with Crippen molar-refractivity contribution in [1.29, 1.82) is 0 Å². The number of hydrogen-bond donors (Lipinski definition) is 2. The molecule has 2 N–H and O–H groups in total. The van der Waals surface area contributed by atoms with Gasteiger partial charge in [0.2, 0.25) is 0 Å². The van der Waals surface area contributed by atoms with Crippen LogP contribution in [0.25, 0.3) is 10.9 Å². The predicted octanol–water partition coefficient (Wildman–Crippen LogP) is 2.92. The number of hydrogen-bond acceptors (Lipinski definition) is 7. The zero-order valence-corrected chi connectivity index (χ0v) is 19.1. The summed E-state index contributed by atoms with van der Waals surface area (Å²) in [6.07, 6.45) is 5.95. The number of benzene rings is 1. The number of pyridine rings is 1. The molecule has 3 atom stereocenters. The Bertz CT molecular complexity index is 1190. The number of aliphatic carboxylic acids is 1. The summed E-state index contributed by atoms with van der Waals surface area (Å²) in [5.74, 6) is 5.49. The maximum Gasteiger partial charge on any atom is 0.308 e. The van der Waals surface area contributed by atoms with Crippen LogP contribution in [0.1, 0.15) is 36.6 Å². The number of aliphatic hydroxyl groups excluding tert-OH is 1. The van der Waals surface area contributed by atoms with E-state index in [1.54, 1.807) is 25.6 Å². The number of aromatic nitrogens is 3. The van der Waals surface area contributed by atoms with Gasteiger partial charge in [-0.3, -0.25) is 14.7 Å². The van der Waals surface area contributed by atoms with E-state index in [2.05, 4.69) is 31.7 Å². The van der Waals surface area contributed by atoms with Crippen LogP contribution in [0.2, 0.25) is 0 Å². The summed E-state index contributed by atoms with van der Waals surface area (Å²) in [6, 6.07) is 9.15. The van der Waals surface area contributed by atoms with Crippen molar-refractivity contribution in [3.05, 3.63) is 60.3 Å². The molecule has 3 aromatic rings. The maximum atomic E-state index is 12.0. The molecule has 0 bridgehead atoms. The summed E-state index contributed by atoms with van der Waals surface area (Å²) in [7, 11) is 1.60. The summed E-state index contributed by atoms with van der Waals surface area (Å²) in [4.78, 5) is 26.4. The first-order valence-electron chi connectivity index (χ1n) is 11.4. The molecule has 1 saturated heterocycles. The van der Waals surface area contributed by atoms with Crippen molar-refractivity contribution in [2.75, 3.05) is 26.7 Å². The number of ether oxygens (including phenoxy) is 1. The number of fused-ring (bicyclic) bond motifs is 1. The quantitative estimate of drug-likeness (QED) is 0.518. The minimum atomic E-state index is -0.799. The first-order chi connectivity index (χ1) is 16.5. The Morgan fingerprint density at radius 3 is 2.91 bits per heavy atom. The molecule has 0 radical (unpaired) electrons. The van der Waals surface area contributed by atoms with E-state index < -0.39 is 18.0 Å². The number of nitrogens with zero attached hydrogens (tertiary/aromatic N) is 4. The molecule has 1 aliphatic heterocycles. The zero-order chi connectivity index (χ0) is 23.9. The number of likely N-dealkylation sites (tertiary alicyclic amines) is 1. The minimum Gasteiger partial charge on any atom is -0.497 e. The van der Waals surface area contributed by atoms with Crippen molar-refractivity contribution in [3.8, 4) is 17.6 Å². The highest BCUT2D eigenvalue weighted by Crippen LogP contribution is 2.33. The van der Waals surface area contributed by atoms with Crippen LogP contribution in [0.4, 0.5) is 0 Å². The van der Waals surface area contributed by atoms with Gasteiger partial charge in [-0.2, -0.15) is 0 Å². The van der Waals surface area contributed by atoms with E-state index in [0.29, 0.717) is 37.4 Å². The number of carboxylic acid groups (broad SMARTS) is 1. The smallest absolute Gasteiger partial charge is 0.308 e. The average Bonchev–Trinajstić information content (AvgIpc) is 2.87. The van der Waals surface area contributed by atoms with Crippen LogP contribution in [-0.4, -0.2) is 62.8 Å². The third-order valence-electron chi connectivity index (χ3n) is 6.41. The molecular weight excluding hydrogens is 432 g/mol. The second-order valence-corrected chi connectivity index (χ2v) is 8.50. The van der Waals surface area contributed by atoms with Gasteiger partial charge in [-0.25, -0.2) is 9.97 Å². The highest BCUT2D eigenvalue weighted by atomic mass is 16.5. The van der Waals surface area contributed by atoms with Gasteiger partial charge in [0.05, 0.1) is 31.2 Å². The van der Waals surface area contributed by atoms with Crippen LogP contribution < -0.4 is 4.74 Å². The topological polar surface area (TPSA) is 109 Å². The molecule has 1 aromatic carbocycles. The molecule has 2 aromatic heterocycles. The molecule has 8 nitrogen and oxygen atoms in total. The Hall–Kier alpha value is -3.54. The third-order valence-corrected chi connectivity index (χ3v) is 6.41. The summed E-state index contributed by atoms with van der Waals surface area (Å²) in [6.45, 7) is 1.72. The Morgan fingerprint density at radius 2 is 2.15 bits per heavy atom. The summed E-state index contributed by atoms with van der Waals surface area (Å²) in [5, 5.41) is 21.7. The van der Waals surface area contributed by atoms with Crippen molar-refractivity contribution in [1.82, 2.24) is 19.9 Å². The second kappa shape index (κ2) is 11.1. The Morgan fingerprint density at radius 1 is 1.26 bits per heavy atom. The monoisotopic (exact) mass is 460 g/mol. The highest BCUT2D eigenvalue weighted by molar-refractivity contribution is 5.83. The molecule has 176 valence electrons. The standard InChI is InChI=1S/C26H28N4O4/c1-34-20-5-6-24-22(15-20)21(9-12-28-24)25(31)7-4-18-10-14-30(16-23(18)26(32)33)13-2-3-19-8-11-27-17-29-19/h5-6,8-9,11-12,15,17-18,23,25,31H,4,7,10,13-14,16H2,1H3,(H,32,33)/t18-,23+,25+/m1/s1. The fourth-order valence-electron chi connectivity index (χ4n) is 4.54. The third kappa shape index (κ3) is 5.68. The van der Waals surface area contributed by atoms with Gasteiger partial charge >= 0.3 is 5.97 Å². The second-order valence-electron chi connectivity index (χ2n) is 8.50. The molecule has 8 heteroatoms. The molecule has 1 fully saturated rings. The molecule has 34 heavy (non-hydrogen) atoms. The lowest BCUT2D eigenvalue weighted by Crippen LogP contribution is -2.44. The lowest BCUT2D eigenvalue weighted by molar-refractivity contribution is -0.146. The van der Waals surface area contributed by atoms with E-state index in [4.69, 9.17) is 4.74 Å². The molecule has 0 spiro atoms. The van der Waals surface area contributed by atoms with E-state index in [9.17, 15) is 15.0 Å². The summed E-state index contributed by atoms with van der Waals surface area (Å²) >= 11 is 0. The number of aliphatic hydroxyl groups is 1. The van der Waals surface area contributed by atoms with Gasteiger partial charge in [0.15, 0.2) is 0 Å². The number of rotatable bonds is 7. The van der Waals surface area contributed by atoms with Gasteiger partial charge in [0.25, 0.3) is 0 Å². The van der Waals surface area contributed by atoms with Crippen molar-refractivity contribution in [3.63, 3.8) is 0 Å². The van der Waals surface area contributed by atoms with Crippen molar-refractivity contribution < 1.29 is 19.7 Å². The lowest BCUT2D eigenvalue weighted by atomic mass is 9.81. The van der Waals surface area contributed by atoms with Gasteiger partial charge in [0.1, 0.15) is 17.8 Å². The molecular formula is C26H28N4O4. The van der Waals surface area contributed by atoms with Crippen LogP contribution in [0, 0.1) is 23.7 Å². The van der Waals surface area contributed by atoms with E-state index in [1.807, 2.05) is 24.3 Å². The summed E-state index contributed by atoms with van der Waals surface area (Å²) < 4.78 is 5.32. The average molecular weight is 461 g/mol. The number of carboxylic acids is 1. The molecule has 0 saturated carbocycles. The maximum absolute atomic E-state index is 12.0. The van der Waals surface area contributed by atoms with Crippen LogP contribution in [0.5, 0.6) is 5.75 Å². The molecule has 1 aliphatic rings. The Labute approximate surface area is 198 Å². The first-order valence-corrected chi connectivity index (χ1v) is 11.4. The largest absolute Gasteiger partial charge is 0.497 e. The molecule has 0 aliphatic carbocycles. The fraction of sp³-hybridized carbons (Fsp3) is 0.385. The number of methoxy groups -OCH3 is 1. The minimum absolute atomic E-state index is 0.000797. The summed E-state index contributed by atoms with van der Waals surface area (Å²) in [5.41, 5.74) is 2.22.